The average molecular weight is 502 g/mol. The molecule has 4 heterocycles. The Hall–Kier alpha value is -1.96. The van der Waals surface area contributed by atoms with Crippen LogP contribution in [0.5, 0.6) is 0 Å². The lowest BCUT2D eigenvalue weighted by molar-refractivity contribution is -0.121. The van der Waals surface area contributed by atoms with Crippen molar-refractivity contribution in [3.8, 4) is 0 Å². The lowest BCUT2D eigenvalue weighted by Crippen LogP contribution is -2.66. The van der Waals surface area contributed by atoms with Gasteiger partial charge < -0.3 is 43.0 Å². The molecule has 4 saturated heterocycles. The molecule has 11 nitrogen and oxygen atoms in total. The van der Waals surface area contributed by atoms with Gasteiger partial charge in [-0.25, -0.2) is 0 Å². The number of carbonyl (C=O) groups is 2. The maximum atomic E-state index is 12.1. The molecule has 4 aliphatic heterocycles. The lowest BCUT2D eigenvalue weighted by Gasteiger charge is -2.37. The molecule has 2 amide bonds. The predicted molar refractivity (Wildman–Crippen MR) is 142 cm³/mol. The number of anilines is 1. The number of amides is 2. The SMILES string of the molecule is NC12CNCCNCC(NCc3ccc(N4C(=O)CCC4=O)cc3)(CNCCNC1)CNCCNC2. The molecular weight excluding hydrogens is 458 g/mol. The van der Waals surface area contributed by atoms with Crippen molar-refractivity contribution in [3.63, 3.8) is 0 Å². The van der Waals surface area contributed by atoms with Gasteiger partial charge in [0.2, 0.25) is 11.8 Å². The third-order valence-electron chi connectivity index (χ3n) is 7.17. The first-order valence-corrected chi connectivity index (χ1v) is 13.2. The topological polar surface area (TPSA) is 148 Å². The number of hydrogen-bond acceptors (Lipinski definition) is 10. The zero-order valence-corrected chi connectivity index (χ0v) is 21.3. The Kier molecular flexibility index (Phi) is 9.80. The van der Waals surface area contributed by atoms with Crippen LogP contribution in [0, 0.1) is 0 Å². The molecule has 0 unspecified atom stereocenters. The van der Waals surface area contributed by atoms with E-state index >= 15 is 0 Å². The number of nitrogens with zero attached hydrogens (tertiary/aromatic N) is 1. The number of hydrogen-bond donors (Lipinski definition) is 8. The van der Waals surface area contributed by atoms with Gasteiger partial charge in [0, 0.05) is 97.9 Å². The second kappa shape index (κ2) is 13.0. The lowest BCUT2D eigenvalue weighted by atomic mass is 9.97. The summed E-state index contributed by atoms with van der Waals surface area (Å²) in [5.41, 5.74) is 7.91. The summed E-state index contributed by atoms with van der Waals surface area (Å²) in [6.45, 7) is 10.5. The quantitative estimate of drug-likeness (QED) is 0.207. The molecule has 5 rings (SSSR count). The van der Waals surface area contributed by atoms with Crippen LogP contribution in [-0.2, 0) is 16.1 Å². The molecule has 1 aromatic carbocycles. The maximum absolute atomic E-state index is 12.1. The maximum Gasteiger partial charge on any atom is 0.234 e. The van der Waals surface area contributed by atoms with E-state index in [0.29, 0.717) is 25.1 Å². The fourth-order valence-corrected chi connectivity index (χ4v) is 5.00. The van der Waals surface area contributed by atoms with Gasteiger partial charge in [0.15, 0.2) is 0 Å². The van der Waals surface area contributed by atoms with Gasteiger partial charge in [0.25, 0.3) is 0 Å². The van der Waals surface area contributed by atoms with E-state index in [1.807, 2.05) is 24.3 Å². The molecule has 11 heteroatoms. The second-order valence-corrected chi connectivity index (χ2v) is 10.3. The van der Waals surface area contributed by atoms with Crippen LogP contribution in [0.25, 0.3) is 0 Å². The van der Waals surface area contributed by atoms with E-state index in [4.69, 9.17) is 5.73 Å². The summed E-state index contributed by atoms with van der Waals surface area (Å²) in [4.78, 5) is 25.4. The van der Waals surface area contributed by atoms with E-state index < -0.39 is 0 Å². The van der Waals surface area contributed by atoms with Crippen LogP contribution in [0.1, 0.15) is 18.4 Å². The van der Waals surface area contributed by atoms with Crippen molar-refractivity contribution >= 4 is 17.5 Å². The number of carbonyl (C=O) groups excluding carboxylic acids is 2. The summed E-state index contributed by atoms with van der Waals surface area (Å²) in [6, 6.07) is 7.72. The summed E-state index contributed by atoms with van der Waals surface area (Å²) >= 11 is 0. The van der Waals surface area contributed by atoms with Crippen LogP contribution in [0.2, 0.25) is 0 Å². The van der Waals surface area contributed by atoms with Gasteiger partial charge in [-0.1, -0.05) is 12.1 Å². The second-order valence-electron chi connectivity index (χ2n) is 10.3. The molecule has 0 aliphatic carbocycles. The normalized spacial score (nSPS) is 29.8. The molecule has 0 saturated carbocycles. The van der Waals surface area contributed by atoms with Gasteiger partial charge >= 0.3 is 0 Å². The molecule has 1 aromatic rings. The molecule has 4 aliphatic rings. The fraction of sp³-hybridized carbons (Fsp3) is 0.680. The van der Waals surface area contributed by atoms with E-state index in [1.54, 1.807) is 0 Å². The summed E-state index contributed by atoms with van der Waals surface area (Å²) in [5, 5.41) is 25.3. The van der Waals surface area contributed by atoms with Crippen LogP contribution >= 0.6 is 0 Å². The highest BCUT2D eigenvalue weighted by atomic mass is 16.2. The van der Waals surface area contributed by atoms with Crippen LogP contribution in [0.4, 0.5) is 5.69 Å². The van der Waals surface area contributed by atoms with Crippen LogP contribution in [0.3, 0.4) is 0 Å². The first kappa shape index (κ1) is 27.1. The zero-order chi connectivity index (χ0) is 25.3. The number of rotatable bonds is 4. The number of nitrogens with one attached hydrogen (secondary N) is 7. The van der Waals surface area contributed by atoms with Crippen LogP contribution in [0.15, 0.2) is 24.3 Å². The third kappa shape index (κ3) is 7.53. The zero-order valence-electron chi connectivity index (χ0n) is 21.3. The van der Waals surface area contributed by atoms with Gasteiger partial charge in [-0.15, -0.1) is 0 Å². The average Bonchev–Trinajstić information content (AvgIpc) is 3.21. The molecule has 36 heavy (non-hydrogen) atoms. The Bertz CT molecular complexity index is 804. The summed E-state index contributed by atoms with van der Waals surface area (Å²) < 4.78 is 0. The Morgan fingerprint density at radius 2 is 1.11 bits per heavy atom. The number of nitrogens with two attached hydrogens (primary N) is 1. The van der Waals surface area contributed by atoms with Crippen molar-refractivity contribution in [2.75, 3.05) is 83.4 Å². The van der Waals surface area contributed by atoms with E-state index in [2.05, 4.69) is 37.2 Å². The van der Waals surface area contributed by atoms with Gasteiger partial charge in [-0.05, 0) is 17.7 Å². The smallest absolute Gasteiger partial charge is 0.234 e. The highest BCUT2D eigenvalue weighted by Gasteiger charge is 2.31. The molecule has 0 radical (unpaired) electrons. The summed E-state index contributed by atoms with van der Waals surface area (Å²) in [7, 11) is 0. The summed E-state index contributed by atoms with van der Waals surface area (Å²) in [5.74, 6) is -0.244. The van der Waals surface area contributed by atoms with Crippen molar-refractivity contribution < 1.29 is 9.59 Å². The van der Waals surface area contributed by atoms with Crippen molar-refractivity contribution in [2.24, 2.45) is 5.73 Å². The summed E-state index contributed by atoms with van der Waals surface area (Å²) in [6.07, 6.45) is 0.594. The highest BCUT2D eigenvalue weighted by Crippen LogP contribution is 2.23. The standard InChI is InChI=1S/C25H43N9O2/c26-24-14-27-7-10-30-17-25(18-31-11-8-28-15-24,19-32-12-9-29-16-24)33-13-20-1-3-21(4-2-20)34-22(35)5-6-23(34)36/h1-4,27-33H,5-19,26H2. The van der Waals surface area contributed by atoms with E-state index in [1.165, 1.54) is 4.90 Å². The predicted octanol–water partition coefficient (Wildman–Crippen LogP) is -2.57. The van der Waals surface area contributed by atoms with E-state index in [-0.39, 0.29) is 22.9 Å². The largest absolute Gasteiger partial charge is 0.322 e. The van der Waals surface area contributed by atoms with Gasteiger partial charge in [-0.3, -0.25) is 14.5 Å². The number of fused-ring (bicyclic) bond motifs is 15. The van der Waals surface area contributed by atoms with Crippen molar-refractivity contribution in [1.82, 2.24) is 37.2 Å². The Morgan fingerprint density at radius 1 is 0.694 bits per heavy atom. The molecule has 9 N–H and O–H groups in total. The molecular formula is C25H43N9O2. The van der Waals surface area contributed by atoms with Crippen molar-refractivity contribution in [2.45, 2.75) is 30.5 Å². The van der Waals surface area contributed by atoms with Crippen LogP contribution in [-0.4, -0.2) is 101 Å². The molecule has 0 aromatic heterocycles. The van der Waals surface area contributed by atoms with Gasteiger partial charge in [0.1, 0.15) is 0 Å². The molecule has 2 bridgehead atoms. The minimum atomic E-state index is -0.329. The van der Waals surface area contributed by atoms with Gasteiger partial charge in [-0.2, -0.15) is 0 Å². The van der Waals surface area contributed by atoms with Crippen molar-refractivity contribution in [3.05, 3.63) is 29.8 Å². The Labute approximate surface area is 214 Å². The minimum absolute atomic E-state index is 0.122. The first-order chi connectivity index (χ1) is 17.5. The first-order valence-electron chi connectivity index (χ1n) is 13.2. The fourth-order valence-electron chi connectivity index (χ4n) is 5.00. The number of benzene rings is 1. The monoisotopic (exact) mass is 501 g/mol. The molecule has 200 valence electrons. The van der Waals surface area contributed by atoms with E-state index in [0.717, 1.165) is 84.1 Å². The van der Waals surface area contributed by atoms with Crippen LogP contribution < -0.4 is 47.9 Å². The third-order valence-corrected chi connectivity index (χ3v) is 7.17. The highest BCUT2D eigenvalue weighted by molar-refractivity contribution is 6.19. The molecule has 0 spiro atoms. The minimum Gasteiger partial charge on any atom is -0.322 e. The van der Waals surface area contributed by atoms with Gasteiger partial charge in [0.05, 0.1) is 16.8 Å². The number of imide groups is 1. The van der Waals surface area contributed by atoms with E-state index in [9.17, 15) is 9.59 Å². The Balaban J connectivity index is 1.43. The molecule has 0 atom stereocenters. The van der Waals surface area contributed by atoms with Crippen molar-refractivity contribution in [1.29, 1.82) is 0 Å². The molecule has 4 fully saturated rings. The Morgan fingerprint density at radius 3 is 1.56 bits per heavy atom.